The molecule has 2 amide bonds. The van der Waals surface area contributed by atoms with Gasteiger partial charge in [-0.05, 0) is 56.2 Å². The van der Waals surface area contributed by atoms with Crippen LogP contribution in [0.2, 0.25) is 0 Å². The lowest BCUT2D eigenvalue weighted by Gasteiger charge is -2.21. The summed E-state index contributed by atoms with van der Waals surface area (Å²) in [4.78, 5) is 27.6. The fourth-order valence-electron chi connectivity index (χ4n) is 3.80. The second kappa shape index (κ2) is 9.55. The average molecular weight is 434 g/mol. The summed E-state index contributed by atoms with van der Waals surface area (Å²) in [6.45, 7) is 3.94. The lowest BCUT2D eigenvalue weighted by atomic mass is 10.1. The number of benzene rings is 2. The molecule has 166 valence electrons. The van der Waals surface area contributed by atoms with Gasteiger partial charge >= 0.3 is 0 Å². The first kappa shape index (κ1) is 21.4. The Morgan fingerprint density at radius 1 is 1.03 bits per heavy atom. The number of ether oxygens (including phenoxy) is 1. The molecule has 1 aromatic heterocycles. The van der Waals surface area contributed by atoms with E-state index in [0.29, 0.717) is 16.9 Å². The molecule has 1 aliphatic rings. The summed E-state index contributed by atoms with van der Waals surface area (Å²) >= 11 is 0. The highest BCUT2D eigenvalue weighted by Crippen LogP contribution is 2.26. The van der Waals surface area contributed by atoms with E-state index in [0.717, 1.165) is 42.9 Å². The Morgan fingerprint density at radius 2 is 1.78 bits per heavy atom. The first-order chi connectivity index (χ1) is 15.5. The molecule has 1 saturated heterocycles. The Hall–Kier alpha value is -3.81. The van der Waals surface area contributed by atoms with Gasteiger partial charge in [-0.15, -0.1) is 0 Å². The number of amides is 2. The molecule has 8 nitrogen and oxygen atoms in total. The minimum absolute atomic E-state index is 0.0331. The van der Waals surface area contributed by atoms with Crippen molar-refractivity contribution >= 4 is 28.9 Å². The van der Waals surface area contributed by atoms with Crippen LogP contribution in [0.5, 0.6) is 5.75 Å². The third-order valence-corrected chi connectivity index (χ3v) is 5.41. The van der Waals surface area contributed by atoms with E-state index in [1.165, 1.54) is 4.68 Å². The zero-order valence-electron chi connectivity index (χ0n) is 18.3. The molecular formula is C24H27N5O3. The van der Waals surface area contributed by atoms with Crippen LogP contribution in [0.4, 0.5) is 17.1 Å². The van der Waals surface area contributed by atoms with Gasteiger partial charge < -0.3 is 20.3 Å². The summed E-state index contributed by atoms with van der Waals surface area (Å²) in [5.74, 6) is 0.320. The summed E-state index contributed by atoms with van der Waals surface area (Å²) in [6, 6.07) is 13.1. The van der Waals surface area contributed by atoms with Crippen LogP contribution in [-0.4, -0.2) is 41.8 Å². The minimum atomic E-state index is -0.217. The van der Waals surface area contributed by atoms with Gasteiger partial charge in [0.2, 0.25) is 5.91 Å². The quantitative estimate of drug-likeness (QED) is 0.593. The third kappa shape index (κ3) is 5.08. The molecular weight excluding hydrogens is 406 g/mol. The molecule has 32 heavy (non-hydrogen) atoms. The Bertz CT molecular complexity index is 1100. The molecule has 4 rings (SSSR count). The Morgan fingerprint density at radius 3 is 2.50 bits per heavy atom. The lowest BCUT2D eigenvalue weighted by molar-refractivity contribution is -0.116. The van der Waals surface area contributed by atoms with E-state index in [1.54, 1.807) is 43.8 Å². The van der Waals surface area contributed by atoms with E-state index in [2.05, 4.69) is 20.6 Å². The maximum atomic E-state index is 13.0. The number of carbonyl (C=O) groups excluding carboxylic acids is 2. The predicted octanol–water partition coefficient (Wildman–Crippen LogP) is 3.69. The molecule has 0 unspecified atom stereocenters. The van der Waals surface area contributed by atoms with Gasteiger partial charge in [-0.1, -0.05) is 11.6 Å². The smallest absolute Gasteiger partial charge is 0.257 e. The number of methoxy groups -OCH3 is 1. The summed E-state index contributed by atoms with van der Waals surface area (Å²) in [6.07, 6.45) is 5.47. The first-order valence-corrected chi connectivity index (χ1v) is 10.6. The van der Waals surface area contributed by atoms with Gasteiger partial charge in [-0.3, -0.25) is 14.3 Å². The Balaban J connectivity index is 1.39. The lowest BCUT2D eigenvalue weighted by Crippen LogP contribution is -2.23. The number of aryl methyl sites for hydroxylation is 1. The van der Waals surface area contributed by atoms with Crippen LogP contribution in [0.3, 0.4) is 0 Å². The number of hydrogen-bond acceptors (Lipinski definition) is 5. The molecule has 0 saturated carbocycles. The van der Waals surface area contributed by atoms with E-state index < -0.39 is 0 Å². The number of nitrogens with zero attached hydrogens (tertiary/aromatic N) is 3. The van der Waals surface area contributed by atoms with Crippen molar-refractivity contribution in [2.75, 3.05) is 35.7 Å². The maximum absolute atomic E-state index is 13.0. The van der Waals surface area contributed by atoms with E-state index in [-0.39, 0.29) is 18.4 Å². The van der Waals surface area contributed by atoms with Crippen LogP contribution in [0, 0.1) is 6.92 Å². The molecule has 3 aromatic rings. The highest BCUT2D eigenvalue weighted by molar-refractivity contribution is 6.08. The molecule has 1 fully saturated rings. The van der Waals surface area contributed by atoms with Crippen molar-refractivity contribution in [3.8, 4) is 5.75 Å². The molecule has 0 spiro atoms. The largest absolute Gasteiger partial charge is 0.497 e. The van der Waals surface area contributed by atoms with Crippen molar-refractivity contribution in [2.24, 2.45) is 0 Å². The summed E-state index contributed by atoms with van der Waals surface area (Å²) < 4.78 is 6.61. The first-order valence-electron chi connectivity index (χ1n) is 10.6. The summed E-state index contributed by atoms with van der Waals surface area (Å²) in [7, 11) is 1.59. The fraction of sp³-hybridized carbons (Fsp3) is 0.292. The second-order valence-corrected chi connectivity index (χ2v) is 7.87. The van der Waals surface area contributed by atoms with Crippen LogP contribution >= 0.6 is 0 Å². The van der Waals surface area contributed by atoms with Crippen LogP contribution in [-0.2, 0) is 11.3 Å². The van der Waals surface area contributed by atoms with Gasteiger partial charge in [0.1, 0.15) is 12.3 Å². The van der Waals surface area contributed by atoms with Gasteiger partial charge in [0.25, 0.3) is 5.91 Å². The highest BCUT2D eigenvalue weighted by Gasteiger charge is 2.20. The topological polar surface area (TPSA) is 88.5 Å². The maximum Gasteiger partial charge on any atom is 0.257 e. The van der Waals surface area contributed by atoms with Gasteiger partial charge in [-0.25, -0.2) is 0 Å². The summed E-state index contributed by atoms with van der Waals surface area (Å²) in [5, 5.41) is 9.93. The molecule has 0 bridgehead atoms. The molecule has 0 aliphatic carbocycles. The van der Waals surface area contributed by atoms with Crippen LogP contribution in [0.25, 0.3) is 0 Å². The summed E-state index contributed by atoms with van der Waals surface area (Å²) in [5.41, 5.74) is 3.85. The monoisotopic (exact) mass is 433 g/mol. The fourth-order valence-corrected chi connectivity index (χ4v) is 3.80. The Kier molecular flexibility index (Phi) is 6.39. The molecule has 1 aliphatic heterocycles. The molecule has 0 atom stereocenters. The molecule has 2 heterocycles. The van der Waals surface area contributed by atoms with E-state index in [9.17, 15) is 9.59 Å². The second-order valence-electron chi connectivity index (χ2n) is 7.87. The van der Waals surface area contributed by atoms with Gasteiger partial charge in [0.05, 0.1) is 24.6 Å². The minimum Gasteiger partial charge on any atom is -0.497 e. The number of nitrogens with one attached hydrogen (secondary N) is 2. The van der Waals surface area contributed by atoms with E-state index in [4.69, 9.17) is 4.74 Å². The van der Waals surface area contributed by atoms with Crippen molar-refractivity contribution in [1.29, 1.82) is 0 Å². The zero-order chi connectivity index (χ0) is 22.5. The normalized spacial score (nSPS) is 13.1. The third-order valence-electron chi connectivity index (χ3n) is 5.41. The number of anilines is 3. The van der Waals surface area contributed by atoms with Gasteiger partial charge in [0, 0.05) is 30.7 Å². The van der Waals surface area contributed by atoms with Crippen LogP contribution in [0.15, 0.2) is 54.9 Å². The number of hydrogen-bond donors (Lipinski definition) is 2. The van der Waals surface area contributed by atoms with Crippen molar-refractivity contribution < 1.29 is 14.3 Å². The standard InChI is InChI=1S/C24H27N5O3/c1-17-5-10-22(28-11-3-4-12-28)21(13-17)24(31)27-19-14-25-29(15-19)16-23(30)26-18-6-8-20(32-2)9-7-18/h5-10,13-15H,3-4,11-12,16H2,1-2H3,(H,26,30)(H,27,31). The van der Waals surface area contributed by atoms with E-state index in [1.807, 2.05) is 25.1 Å². The van der Waals surface area contributed by atoms with Crippen molar-refractivity contribution in [3.63, 3.8) is 0 Å². The van der Waals surface area contributed by atoms with Crippen molar-refractivity contribution in [2.45, 2.75) is 26.3 Å². The van der Waals surface area contributed by atoms with E-state index >= 15 is 0 Å². The number of rotatable bonds is 7. The average Bonchev–Trinajstić information content (AvgIpc) is 3.46. The SMILES string of the molecule is COc1ccc(NC(=O)Cn2cc(NC(=O)c3cc(C)ccc3N3CCCC3)cn2)cc1. The number of carbonyl (C=O) groups is 2. The number of aromatic nitrogens is 2. The molecule has 8 heteroatoms. The van der Waals surface area contributed by atoms with Gasteiger partial charge in [-0.2, -0.15) is 5.10 Å². The van der Waals surface area contributed by atoms with Crippen LogP contribution < -0.4 is 20.3 Å². The molecule has 0 radical (unpaired) electrons. The molecule has 2 aromatic carbocycles. The van der Waals surface area contributed by atoms with Crippen LogP contribution in [0.1, 0.15) is 28.8 Å². The highest BCUT2D eigenvalue weighted by atomic mass is 16.5. The molecule has 2 N–H and O–H groups in total. The van der Waals surface area contributed by atoms with Crippen molar-refractivity contribution in [3.05, 3.63) is 66.0 Å². The van der Waals surface area contributed by atoms with Gasteiger partial charge in [0.15, 0.2) is 0 Å². The predicted molar refractivity (Wildman–Crippen MR) is 124 cm³/mol. The zero-order valence-corrected chi connectivity index (χ0v) is 18.3. The Labute approximate surface area is 187 Å². The van der Waals surface area contributed by atoms with Crippen molar-refractivity contribution in [1.82, 2.24) is 9.78 Å².